The lowest BCUT2D eigenvalue weighted by Crippen LogP contribution is -2.38. The monoisotopic (exact) mass is 408 g/mol. The van der Waals surface area contributed by atoms with Crippen LogP contribution in [0.15, 0.2) is 46.9 Å². The van der Waals surface area contributed by atoms with E-state index in [0.29, 0.717) is 23.9 Å². The van der Waals surface area contributed by atoms with E-state index in [1.54, 1.807) is 12.1 Å². The minimum Gasteiger partial charge on any atom is -0.420 e. The van der Waals surface area contributed by atoms with Gasteiger partial charge in [-0.25, -0.2) is 4.39 Å². The molecule has 0 saturated carbocycles. The van der Waals surface area contributed by atoms with E-state index in [4.69, 9.17) is 4.42 Å². The van der Waals surface area contributed by atoms with Gasteiger partial charge in [-0.1, -0.05) is 6.07 Å². The Hall–Kier alpha value is -3.06. The number of nitrogens with one attached hydrogen (secondary N) is 1. The SMILES string of the molecule is Cc1cc(C)cc(NC(=O)CN2CCC(c3nnc(-c4ccc(F)cc4)o3)CC2)c1. The Balaban J connectivity index is 1.29. The van der Waals surface area contributed by atoms with Gasteiger partial charge in [-0.3, -0.25) is 9.69 Å². The first kappa shape index (κ1) is 20.2. The van der Waals surface area contributed by atoms with Crippen molar-refractivity contribution in [3.8, 4) is 11.5 Å². The highest BCUT2D eigenvalue weighted by molar-refractivity contribution is 5.92. The number of hydrogen-bond acceptors (Lipinski definition) is 5. The molecule has 1 aromatic heterocycles. The quantitative estimate of drug-likeness (QED) is 0.681. The third-order valence-electron chi connectivity index (χ3n) is 5.34. The molecule has 2 aromatic carbocycles. The van der Waals surface area contributed by atoms with Crippen molar-refractivity contribution in [2.45, 2.75) is 32.6 Å². The van der Waals surface area contributed by atoms with Crippen LogP contribution in [0.1, 0.15) is 35.8 Å². The van der Waals surface area contributed by atoms with Gasteiger partial charge in [0.15, 0.2) is 0 Å². The largest absolute Gasteiger partial charge is 0.420 e. The Labute approximate surface area is 175 Å². The number of piperidine rings is 1. The maximum absolute atomic E-state index is 13.1. The number of benzene rings is 2. The number of nitrogens with zero attached hydrogens (tertiary/aromatic N) is 3. The van der Waals surface area contributed by atoms with Crippen molar-refractivity contribution < 1.29 is 13.6 Å². The number of halogens is 1. The summed E-state index contributed by atoms with van der Waals surface area (Å²) in [5.41, 5.74) is 3.80. The van der Waals surface area contributed by atoms with E-state index in [2.05, 4.69) is 26.5 Å². The van der Waals surface area contributed by atoms with E-state index < -0.39 is 0 Å². The molecule has 1 saturated heterocycles. The van der Waals surface area contributed by atoms with Gasteiger partial charge in [0.25, 0.3) is 0 Å². The lowest BCUT2D eigenvalue weighted by Gasteiger charge is -2.29. The second-order valence-corrected chi connectivity index (χ2v) is 7.93. The third kappa shape index (κ3) is 4.91. The van der Waals surface area contributed by atoms with Crippen molar-refractivity contribution in [3.05, 3.63) is 65.3 Å². The average Bonchev–Trinajstić information content (AvgIpc) is 3.18. The topological polar surface area (TPSA) is 71.3 Å². The van der Waals surface area contributed by atoms with Crippen LogP contribution in [-0.4, -0.2) is 40.6 Å². The standard InChI is InChI=1S/C23H25FN4O2/c1-15-11-16(2)13-20(12-15)25-21(29)14-28-9-7-18(8-10-28)23-27-26-22(30-23)17-3-5-19(24)6-4-17/h3-6,11-13,18H,7-10,14H2,1-2H3,(H,25,29). The zero-order chi connectivity index (χ0) is 21.1. The van der Waals surface area contributed by atoms with E-state index in [-0.39, 0.29) is 17.6 Å². The van der Waals surface area contributed by atoms with Crippen LogP contribution in [-0.2, 0) is 4.79 Å². The maximum Gasteiger partial charge on any atom is 0.247 e. The fourth-order valence-electron chi connectivity index (χ4n) is 3.90. The molecule has 1 N–H and O–H groups in total. The van der Waals surface area contributed by atoms with Crippen molar-refractivity contribution in [2.24, 2.45) is 0 Å². The molecule has 1 amide bonds. The second-order valence-electron chi connectivity index (χ2n) is 7.93. The lowest BCUT2D eigenvalue weighted by atomic mass is 9.97. The Morgan fingerprint density at radius 2 is 1.77 bits per heavy atom. The summed E-state index contributed by atoms with van der Waals surface area (Å²) in [6.07, 6.45) is 1.70. The summed E-state index contributed by atoms with van der Waals surface area (Å²) in [5, 5.41) is 11.3. The van der Waals surface area contributed by atoms with Gasteiger partial charge >= 0.3 is 0 Å². The highest BCUT2D eigenvalue weighted by Gasteiger charge is 2.26. The fraction of sp³-hybridized carbons (Fsp3) is 0.348. The molecule has 1 aliphatic rings. The first-order chi connectivity index (χ1) is 14.5. The molecule has 0 radical (unpaired) electrons. The van der Waals surface area contributed by atoms with Crippen LogP contribution in [0.5, 0.6) is 0 Å². The van der Waals surface area contributed by atoms with Crippen molar-refractivity contribution in [1.82, 2.24) is 15.1 Å². The number of rotatable bonds is 5. The van der Waals surface area contributed by atoms with Crippen LogP contribution < -0.4 is 5.32 Å². The maximum atomic E-state index is 13.1. The molecule has 4 rings (SSSR count). The molecule has 7 heteroatoms. The fourth-order valence-corrected chi connectivity index (χ4v) is 3.90. The van der Waals surface area contributed by atoms with Crippen LogP contribution in [0.2, 0.25) is 0 Å². The van der Waals surface area contributed by atoms with Crippen LogP contribution in [0, 0.1) is 19.7 Å². The van der Waals surface area contributed by atoms with E-state index in [1.807, 2.05) is 26.0 Å². The van der Waals surface area contributed by atoms with Gasteiger partial charge < -0.3 is 9.73 Å². The van der Waals surface area contributed by atoms with Crippen molar-refractivity contribution in [3.63, 3.8) is 0 Å². The third-order valence-corrected chi connectivity index (χ3v) is 5.34. The summed E-state index contributed by atoms with van der Waals surface area (Å²) in [6, 6.07) is 12.0. The number of carbonyl (C=O) groups excluding carboxylic acids is 1. The molecule has 0 spiro atoms. The number of anilines is 1. The van der Waals surface area contributed by atoms with Gasteiger partial charge in [0.2, 0.25) is 17.7 Å². The zero-order valence-electron chi connectivity index (χ0n) is 17.2. The number of hydrogen-bond donors (Lipinski definition) is 1. The highest BCUT2D eigenvalue weighted by atomic mass is 19.1. The Kier molecular flexibility index (Phi) is 5.90. The van der Waals surface area contributed by atoms with Crippen molar-refractivity contribution in [1.29, 1.82) is 0 Å². The minimum absolute atomic E-state index is 0.00478. The Bertz CT molecular complexity index is 1000. The number of likely N-dealkylation sites (tertiary alicyclic amines) is 1. The van der Waals surface area contributed by atoms with Gasteiger partial charge in [0.1, 0.15) is 5.82 Å². The molecular weight excluding hydrogens is 383 g/mol. The van der Waals surface area contributed by atoms with Crippen LogP contribution >= 0.6 is 0 Å². The average molecular weight is 408 g/mol. The van der Waals surface area contributed by atoms with Gasteiger partial charge in [0.05, 0.1) is 6.54 Å². The molecule has 1 aliphatic heterocycles. The van der Waals surface area contributed by atoms with E-state index >= 15 is 0 Å². The van der Waals surface area contributed by atoms with Gasteiger partial charge in [0, 0.05) is 17.2 Å². The molecule has 30 heavy (non-hydrogen) atoms. The summed E-state index contributed by atoms with van der Waals surface area (Å²) in [7, 11) is 0. The highest BCUT2D eigenvalue weighted by Crippen LogP contribution is 2.29. The van der Waals surface area contributed by atoms with Crippen LogP contribution in [0.25, 0.3) is 11.5 Å². The number of aryl methyl sites for hydroxylation is 2. The number of amides is 1. The molecule has 3 aromatic rings. The Morgan fingerprint density at radius 3 is 2.43 bits per heavy atom. The zero-order valence-corrected chi connectivity index (χ0v) is 17.2. The smallest absolute Gasteiger partial charge is 0.247 e. The summed E-state index contributed by atoms with van der Waals surface area (Å²) in [6.45, 7) is 5.99. The van der Waals surface area contributed by atoms with Gasteiger partial charge in [-0.2, -0.15) is 0 Å². The van der Waals surface area contributed by atoms with Gasteiger partial charge in [-0.05, 0) is 87.3 Å². The molecular formula is C23H25FN4O2. The first-order valence-corrected chi connectivity index (χ1v) is 10.2. The predicted octanol–water partition coefficient (Wildman–Crippen LogP) is 4.31. The summed E-state index contributed by atoms with van der Waals surface area (Å²) >= 11 is 0. The summed E-state index contributed by atoms with van der Waals surface area (Å²) < 4.78 is 18.9. The van der Waals surface area contributed by atoms with Crippen molar-refractivity contribution in [2.75, 3.05) is 25.0 Å². The normalized spacial score (nSPS) is 15.3. The molecule has 0 bridgehead atoms. The van der Waals surface area contributed by atoms with Crippen LogP contribution in [0.3, 0.4) is 0 Å². The van der Waals surface area contributed by atoms with Gasteiger partial charge in [-0.15, -0.1) is 10.2 Å². The molecule has 2 heterocycles. The Morgan fingerprint density at radius 1 is 1.10 bits per heavy atom. The molecule has 1 fully saturated rings. The molecule has 6 nitrogen and oxygen atoms in total. The summed E-state index contributed by atoms with van der Waals surface area (Å²) in [4.78, 5) is 14.6. The van der Waals surface area contributed by atoms with E-state index in [1.165, 1.54) is 12.1 Å². The number of carbonyl (C=O) groups is 1. The molecule has 0 atom stereocenters. The first-order valence-electron chi connectivity index (χ1n) is 10.2. The second kappa shape index (κ2) is 8.75. The van der Waals surface area contributed by atoms with Crippen molar-refractivity contribution >= 4 is 11.6 Å². The molecule has 156 valence electrons. The number of aromatic nitrogens is 2. The van der Waals surface area contributed by atoms with E-state index in [9.17, 15) is 9.18 Å². The predicted molar refractivity (Wildman–Crippen MR) is 113 cm³/mol. The molecule has 0 unspecified atom stereocenters. The molecule has 0 aliphatic carbocycles. The summed E-state index contributed by atoms with van der Waals surface area (Å²) in [5.74, 6) is 0.876. The minimum atomic E-state index is -0.299. The van der Waals surface area contributed by atoms with Crippen LogP contribution in [0.4, 0.5) is 10.1 Å². The van der Waals surface area contributed by atoms with E-state index in [0.717, 1.165) is 42.7 Å². The lowest BCUT2D eigenvalue weighted by molar-refractivity contribution is -0.117.